The molecule has 1 aliphatic rings. The molecule has 1 aliphatic heterocycles. The van der Waals surface area contributed by atoms with E-state index in [1.165, 1.54) is 32.1 Å². The SMILES string of the molecule is CC1CN(Cc2ccccc2)c2ccc3c(Br)cccc3c21. The molecule has 1 heterocycles. The summed E-state index contributed by atoms with van der Waals surface area (Å²) in [7, 11) is 0. The summed E-state index contributed by atoms with van der Waals surface area (Å²) in [6.07, 6.45) is 0. The first-order valence-corrected chi connectivity index (χ1v) is 8.53. The molecule has 4 rings (SSSR count). The van der Waals surface area contributed by atoms with Crippen molar-refractivity contribution in [2.24, 2.45) is 0 Å². The van der Waals surface area contributed by atoms with Gasteiger partial charge in [-0.1, -0.05) is 71.4 Å². The van der Waals surface area contributed by atoms with Crippen LogP contribution in [-0.2, 0) is 6.54 Å². The Labute approximate surface area is 139 Å². The third-order valence-electron chi connectivity index (χ3n) is 4.57. The summed E-state index contributed by atoms with van der Waals surface area (Å²) < 4.78 is 1.18. The average molecular weight is 352 g/mol. The van der Waals surface area contributed by atoms with Gasteiger partial charge in [-0.3, -0.25) is 0 Å². The molecule has 22 heavy (non-hydrogen) atoms. The fraction of sp³-hybridized carbons (Fsp3) is 0.200. The van der Waals surface area contributed by atoms with Gasteiger partial charge in [0.25, 0.3) is 0 Å². The van der Waals surface area contributed by atoms with E-state index in [2.05, 4.69) is 88.4 Å². The highest BCUT2D eigenvalue weighted by Gasteiger charge is 2.27. The van der Waals surface area contributed by atoms with E-state index in [1.807, 2.05) is 0 Å². The van der Waals surface area contributed by atoms with Gasteiger partial charge in [0.2, 0.25) is 0 Å². The minimum absolute atomic E-state index is 0.566. The van der Waals surface area contributed by atoms with Crippen molar-refractivity contribution in [3.8, 4) is 0 Å². The zero-order valence-electron chi connectivity index (χ0n) is 12.6. The molecule has 3 aromatic rings. The number of anilines is 1. The molecule has 2 heteroatoms. The van der Waals surface area contributed by atoms with Crippen LogP contribution >= 0.6 is 15.9 Å². The normalized spacial score (nSPS) is 17.0. The van der Waals surface area contributed by atoms with Gasteiger partial charge in [0, 0.05) is 29.2 Å². The topological polar surface area (TPSA) is 3.24 Å². The summed E-state index contributed by atoms with van der Waals surface area (Å²) in [5.41, 5.74) is 4.26. The lowest BCUT2D eigenvalue weighted by molar-refractivity contribution is 0.748. The smallest absolute Gasteiger partial charge is 0.0429 e. The highest BCUT2D eigenvalue weighted by Crippen LogP contribution is 2.42. The Morgan fingerprint density at radius 3 is 2.59 bits per heavy atom. The van der Waals surface area contributed by atoms with Crippen LogP contribution in [0.15, 0.2) is 65.1 Å². The number of rotatable bonds is 2. The van der Waals surface area contributed by atoms with Crippen molar-refractivity contribution in [3.05, 3.63) is 76.3 Å². The van der Waals surface area contributed by atoms with Crippen LogP contribution in [0.2, 0.25) is 0 Å². The Bertz CT molecular complexity index is 826. The predicted molar refractivity (Wildman–Crippen MR) is 97.6 cm³/mol. The minimum atomic E-state index is 0.566. The van der Waals surface area contributed by atoms with Crippen LogP contribution in [0.25, 0.3) is 10.8 Å². The molecule has 0 fully saturated rings. The zero-order valence-corrected chi connectivity index (χ0v) is 14.2. The third kappa shape index (κ3) is 2.22. The molecular weight excluding hydrogens is 334 g/mol. The maximum absolute atomic E-state index is 3.68. The summed E-state index contributed by atoms with van der Waals surface area (Å²) in [6.45, 7) is 4.41. The van der Waals surface area contributed by atoms with Gasteiger partial charge in [0.15, 0.2) is 0 Å². The van der Waals surface area contributed by atoms with Crippen molar-refractivity contribution in [2.75, 3.05) is 11.4 Å². The zero-order chi connectivity index (χ0) is 15.1. The summed E-state index contributed by atoms with van der Waals surface area (Å²) >= 11 is 3.68. The van der Waals surface area contributed by atoms with E-state index in [-0.39, 0.29) is 0 Å². The van der Waals surface area contributed by atoms with E-state index in [0.717, 1.165) is 13.1 Å². The molecule has 0 N–H and O–H groups in total. The first-order valence-electron chi connectivity index (χ1n) is 7.74. The quantitative estimate of drug-likeness (QED) is 0.570. The van der Waals surface area contributed by atoms with Crippen molar-refractivity contribution in [1.29, 1.82) is 0 Å². The summed E-state index contributed by atoms with van der Waals surface area (Å²) in [4.78, 5) is 2.51. The van der Waals surface area contributed by atoms with Crippen LogP contribution in [0.4, 0.5) is 5.69 Å². The maximum Gasteiger partial charge on any atom is 0.0429 e. The Kier molecular flexibility index (Phi) is 3.42. The lowest BCUT2D eigenvalue weighted by atomic mass is 9.96. The fourth-order valence-corrected chi connectivity index (χ4v) is 4.10. The standard InChI is InChI=1S/C20H18BrN/c1-14-12-22(13-15-6-3-2-4-7-15)19-11-10-16-17(20(14)19)8-5-9-18(16)21/h2-11,14H,12-13H2,1H3. The molecule has 0 aliphatic carbocycles. The van der Waals surface area contributed by atoms with E-state index in [9.17, 15) is 0 Å². The van der Waals surface area contributed by atoms with Gasteiger partial charge in [-0.05, 0) is 34.0 Å². The Morgan fingerprint density at radius 1 is 0.955 bits per heavy atom. The first kappa shape index (κ1) is 13.8. The number of hydrogen-bond donors (Lipinski definition) is 0. The van der Waals surface area contributed by atoms with Crippen LogP contribution in [-0.4, -0.2) is 6.54 Å². The number of nitrogens with zero attached hydrogens (tertiary/aromatic N) is 1. The number of hydrogen-bond acceptors (Lipinski definition) is 1. The molecule has 0 saturated carbocycles. The number of benzene rings is 3. The molecule has 0 saturated heterocycles. The molecule has 1 nitrogen and oxygen atoms in total. The fourth-order valence-electron chi connectivity index (χ4n) is 3.60. The van der Waals surface area contributed by atoms with Gasteiger partial charge in [0.1, 0.15) is 0 Å². The van der Waals surface area contributed by atoms with Crippen molar-refractivity contribution in [1.82, 2.24) is 0 Å². The number of halogens is 1. The van der Waals surface area contributed by atoms with Crippen molar-refractivity contribution >= 4 is 32.4 Å². The van der Waals surface area contributed by atoms with Gasteiger partial charge in [-0.15, -0.1) is 0 Å². The maximum atomic E-state index is 3.68. The van der Waals surface area contributed by atoms with E-state index >= 15 is 0 Å². The third-order valence-corrected chi connectivity index (χ3v) is 5.26. The van der Waals surface area contributed by atoms with Gasteiger partial charge < -0.3 is 4.90 Å². The summed E-state index contributed by atoms with van der Waals surface area (Å²) in [6, 6.07) is 21.8. The minimum Gasteiger partial charge on any atom is -0.366 e. The van der Waals surface area contributed by atoms with Gasteiger partial charge in [-0.25, -0.2) is 0 Å². The Balaban J connectivity index is 1.80. The van der Waals surface area contributed by atoms with Crippen LogP contribution in [0.1, 0.15) is 24.0 Å². The Hall–Kier alpha value is -1.80. The van der Waals surface area contributed by atoms with Crippen molar-refractivity contribution < 1.29 is 0 Å². The van der Waals surface area contributed by atoms with E-state index in [1.54, 1.807) is 0 Å². The largest absolute Gasteiger partial charge is 0.366 e. The molecule has 0 aromatic heterocycles. The van der Waals surface area contributed by atoms with Gasteiger partial charge in [-0.2, -0.15) is 0 Å². The second-order valence-corrected chi connectivity index (χ2v) is 6.95. The van der Waals surface area contributed by atoms with Crippen molar-refractivity contribution in [3.63, 3.8) is 0 Å². The second-order valence-electron chi connectivity index (χ2n) is 6.10. The molecule has 0 radical (unpaired) electrons. The average Bonchev–Trinajstić information content (AvgIpc) is 2.85. The molecule has 1 unspecified atom stereocenters. The summed E-state index contributed by atoms with van der Waals surface area (Å²) in [5.74, 6) is 0.566. The monoisotopic (exact) mass is 351 g/mol. The van der Waals surface area contributed by atoms with Crippen LogP contribution in [0, 0.1) is 0 Å². The molecular formula is C20H18BrN. The molecule has 110 valence electrons. The number of fused-ring (bicyclic) bond motifs is 3. The molecule has 1 atom stereocenters. The Morgan fingerprint density at radius 2 is 1.77 bits per heavy atom. The van der Waals surface area contributed by atoms with E-state index in [4.69, 9.17) is 0 Å². The van der Waals surface area contributed by atoms with Crippen LogP contribution in [0.5, 0.6) is 0 Å². The lowest BCUT2D eigenvalue weighted by Crippen LogP contribution is -2.20. The summed E-state index contributed by atoms with van der Waals surface area (Å²) in [5, 5.41) is 2.70. The predicted octanol–water partition coefficient (Wildman–Crippen LogP) is 5.73. The molecule has 0 bridgehead atoms. The highest BCUT2D eigenvalue weighted by atomic mass is 79.9. The van der Waals surface area contributed by atoms with Crippen LogP contribution in [0.3, 0.4) is 0 Å². The highest BCUT2D eigenvalue weighted by molar-refractivity contribution is 9.10. The van der Waals surface area contributed by atoms with E-state index in [0.29, 0.717) is 5.92 Å². The van der Waals surface area contributed by atoms with Gasteiger partial charge in [0.05, 0.1) is 0 Å². The van der Waals surface area contributed by atoms with Crippen LogP contribution < -0.4 is 4.90 Å². The molecule has 0 amide bonds. The van der Waals surface area contributed by atoms with E-state index < -0.39 is 0 Å². The molecule has 0 spiro atoms. The van der Waals surface area contributed by atoms with Gasteiger partial charge >= 0.3 is 0 Å². The second kappa shape index (κ2) is 5.44. The first-order chi connectivity index (χ1) is 10.7. The lowest BCUT2D eigenvalue weighted by Gasteiger charge is -2.20. The molecule has 3 aromatic carbocycles. The van der Waals surface area contributed by atoms with Crippen molar-refractivity contribution in [2.45, 2.75) is 19.4 Å².